The number of anilines is 2. The third-order valence-corrected chi connectivity index (χ3v) is 2.53. The van der Waals surface area contributed by atoms with Crippen molar-refractivity contribution in [1.29, 1.82) is 0 Å². The fraction of sp³-hybridized carbons (Fsp3) is 0.364. The molecule has 0 unspecified atom stereocenters. The van der Waals surface area contributed by atoms with Gasteiger partial charge in [0.2, 0.25) is 5.91 Å². The highest BCUT2D eigenvalue weighted by molar-refractivity contribution is 5.91. The third-order valence-electron chi connectivity index (χ3n) is 2.53. The summed E-state index contributed by atoms with van der Waals surface area (Å²) in [6.07, 6.45) is 2.47. The van der Waals surface area contributed by atoms with Crippen LogP contribution in [0.3, 0.4) is 0 Å². The molecule has 2 rings (SSSR count). The summed E-state index contributed by atoms with van der Waals surface area (Å²) in [5.74, 6) is -1.47. The van der Waals surface area contributed by atoms with E-state index < -0.39 is 11.6 Å². The quantitative estimate of drug-likeness (QED) is 0.777. The number of rotatable bonds is 3. The molecule has 3 N–H and O–H groups in total. The van der Waals surface area contributed by atoms with Gasteiger partial charge in [-0.05, 0) is 24.8 Å². The Bertz CT molecular complexity index is 430. The van der Waals surface area contributed by atoms with Crippen LogP contribution < -0.4 is 11.1 Å². The second-order valence-electron chi connectivity index (χ2n) is 4.05. The standard InChI is InChI=1S/C11H12F2N2O/c12-7-4-8(13)10(5-9(7)14)15-11(16)3-6-1-2-6/h4-6H,1-3,14H2,(H,15,16). The predicted molar refractivity (Wildman–Crippen MR) is 56.7 cm³/mol. The van der Waals surface area contributed by atoms with Crippen molar-refractivity contribution in [3.8, 4) is 0 Å². The van der Waals surface area contributed by atoms with Crippen molar-refractivity contribution >= 4 is 17.3 Å². The molecule has 0 aliphatic heterocycles. The van der Waals surface area contributed by atoms with Gasteiger partial charge in [-0.1, -0.05) is 0 Å². The van der Waals surface area contributed by atoms with Gasteiger partial charge in [0.15, 0.2) is 0 Å². The number of nitrogens with two attached hydrogens (primary N) is 1. The van der Waals surface area contributed by atoms with Crippen LogP contribution in [0.5, 0.6) is 0 Å². The summed E-state index contributed by atoms with van der Waals surface area (Å²) >= 11 is 0. The average Bonchev–Trinajstić information content (AvgIpc) is 2.98. The van der Waals surface area contributed by atoms with E-state index in [1.807, 2.05) is 0 Å². The topological polar surface area (TPSA) is 55.1 Å². The highest BCUT2D eigenvalue weighted by Crippen LogP contribution is 2.32. The summed E-state index contributed by atoms with van der Waals surface area (Å²) in [4.78, 5) is 11.4. The third kappa shape index (κ3) is 2.48. The van der Waals surface area contributed by atoms with Gasteiger partial charge >= 0.3 is 0 Å². The molecule has 1 saturated carbocycles. The first-order valence-corrected chi connectivity index (χ1v) is 5.10. The van der Waals surface area contributed by atoms with Gasteiger partial charge in [0.25, 0.3) is 0 Å². The number of hydrogen-bond acceptors (Lipinski definition) is 2. The van der Waals surface area contributed by atoms with Gasteiger partial charge in [-0.2, -0.15) is 0 Å². The van der Waals surface area contributed by atoms with Gasteiger partial charge < -0.3 is 11.1 Å². The fourth-order valence-electron chi connectivity index (χ4n) is 1.45. The molecule has 1 aromatic carbocycles. The molecule has 16 heavy (non-hydrogen) atoms. The summed E-state index contributed by atoms with van der Waals surface area (Å²) in [6.45, 7) is 0. The zero-order valence-electron chi connectivity index (χ0n) is 8.59. The fourth-order valence-corrected chi connectivity index (χ4v) is 1.45. The second kappa shape index (κ2) is 4.08. The van der Waals surface area contributed by atoms with Gasteiger partial charge in [-0.15, -0.1) is 0 Å². The van der Waals surface area contributed by atoms with E-state index in [1.54, 1.807) is 0 Å². The van der Waals surface area contributed by atoms with E-state index in [0.717, 1.165) is 18.9 Å². The smallest absolute Gasteiger partial charge is 0.224 e. The Morgan fingerprint density at radius 3 is 2.69 bits per heavy atom. The minimum absolute atomic E-state index is 0.0652. The normalized spacial score (nSPS) is 14.9. The van der Waals surface area contributed by atoms with Crippen LogP contribution in [0.2, 0.25) is 0 Å². The van der Waals surface area contributed by atoms with Gasteiger partial charge in [0.1, 0.15) is 11.6 Å². The first kappa shape index (κ1) is 10.9. The summed E-state index contributed by atoms with van der Waals surface area (Å²) < 4.78 is 26.1. The molecule has 0 saturated heterocycles. The highest BCUT2D eigenvalue weighted by atomic mass is 19.1. The van der Waals surface area contributed by atoms with Crippen molar-refractivity contribution in [2.24, 2.45) is 5.92 Å². The van der Waals surface area contributed by atoms with Crippen LogP contribution in [0, 0.1) is 17.6 Å². The molecule has 1 aliphatic rings. The van der Waals surface area contributed by atoms with E-state index >= 15 is 0 Å². The zero-order chi connectivity index (χ0) is 11.7. The molecule has 1 fully saturated rings. The first-order valence-electron chi connectivity index (χ1n) is 5.10. The average molecular weight is 226 g/mol. The van der Waals surface area contributed by atoms with Crippen molar-refractivity contribution in [1.82, 2.24) is 0 Å². The Kier molecular flexibility index (Phi) is 2.77. The van der Waals surface area contributed by atoms with Crippen LogP contribution in [-0.2, 0) is 4.79 Å². The molecule has 0 radical (unpaired) electrons. The van der Waals surface area contributed by atoms with Crippen molar-refractivity contribution in [3.05, 3.63) is 23.8 Å². The van der Waals surface area contributed by atoms with E-state index in [4.69, 9.17) is 5.73 Å². The van der Waals surface area contributed by atoms with Gasteiger partial charge in [0, 0.05) is 12.5 Å². The lowest BCUT2D eigenvalue weighted by Crippen LogP contribution is -2.13. The predicted octanol–water partition coefficient (Wildman–Crippen LogP) is 2.29. The summed E-state index contributed by atoms with van der Waals surface area (Å²) in [7, 11) is 0. The molecule has 5 heteroatoms. The maximum atomic E-state index is 13.2. The SMILES string of the molecule is Nc1cc(NC(=O)CC2CC2)c(F)cc1F. The molecule has 0 atom stereocenters. The Morgan fingerprint density at radius 1 is 1.38 bits per heavy atom. The van der Waals surface area contributed by atoms with E-state index in [9.17, 15) is 13.6 Å². The zero-order valence-corrected chi connectivity index (χ0v) is 8.59. The molecule has 86 valence electrons. The number of benzene rings is 1. The van der Waals surface area contributed by atoms with Crippen LogP contribution >= 0.6 is 0 Å². The molecule has 1 aliphatic carbocycles. The maximum Gasteiger partial charge on any atom is 0.224 e. The van der Waals surface area contributed by atoms with Crippen LogP contribution in [0.15, 0.2) is 12.1 Å². The van der Waals surface area contributed by atoms with Crippen molar-refractivity contribution in [2.45, 2.75) is 19.3 Å². The van der Waals surface area contributed by atoms with Crippen LogP contribution in [0.25, 0.3) is 0 Å². The molecule has 1 amide bonds. The summed E-state index contributed by atoms with van der Waals surface area (Å²) in [5, 5.41) is 2.39. The van der Waals surface area contributed by atoms with Crippen molar-refractivity contribution < 1.29 is 13.6 Å². The molecule has 3 nitrogen and oxygen atoms in total. The monoisotopic (exact) mass is 226 g/mol. The molecule has 0 aromatic heterocycles. The number of halogens is 2. The largest absolute Gasteiger partial charge is 0.396 e. The second-order valence-corrected chi connectivity index (χ2v) is 4.05. The maximum absolute atomic E-state index is 13.2. The van der Waals surface area contributed by atoms with E-state index in [-0.39, 0.29) is 17.3 Å². The van der Waals surface area contributed by atoms with Crippen molar-refractivity contribution in [3.63, 3.8) is 0 Å². The highest BCUT2D eigenvalue weighted by Gasteiger charge is 2.24. The lowest BCUT2D eigenvalue weighted by molar-refractivity contribution is -0.116. The molecular formula is C11H12F2N2O. The number of nitrogen functional groups attached to an aromatic ring is 1. The van der Waals surface area contributed by atoms with Crippen molar-refractivity contribution in [2.75, 3.05) is 11.1 Å². The van der Waals surface area contributed by atoms with E-state index in [1.165, 1.54) is 0 Å². The minimum Gasteiger partial charge on any atom is -0.396 e. The van der Waals surface area contributed by atoms with Crippen LogP contribution in [0.1, 0.15) is 19.3 Å². The Hall–Kier alpha value is -1.65. The molecular weight excluding hydrogens is 214 g/mol. The Morgan fingerprint density at radius 2 is 2.06 bits per heavy atom. The van der Waals surface area contributed by atoms with Gasteiger partial charge in [-0.25, -0.2) is 8.78 Å². The Balaban J connectivity index is 2.07. The first-order chi connectivity index (χ1) is 7.56. The van der Waals surface area contributed by atoms with E-state index in [2.05, 4.69) is 5.32 Å². The van der Waals surface area contributed by atoms with Gasteiger partial charge in [-0.3, -0.25) is 4.79 Å². The molecule has 0 bridgehead atoms. The number of carbonyl (C=O) groups excluding carboxylic acids is 1. The Labute approximate surface area is 91.6 Å². The number of nitrogens with one attached hydrogen (secondary N) is 1. The van der Waals surface area contributed by atoms with Gasteiger partial charge in [0.05, 0.1) is 11.4 Å². The molecule has 0 spiro atoms. The number of hydrogen-bond donors (Lipinski definition) is 2. The van der Waals surface area contributed by atoms with E-state index in [0.29, 0.717) is 18.4 Å². The lowest BCUT2D eigenvalue weighted by atomic mass is 10.2. The molecule has 1 aromatic rings. The minimum atomic E-state index is -0.822. The summed E-state index contributed by atoms with van der Waals surface area (Å²) in [5.41, 5.74) is 5.04. The van der Waals surface area contributed by atoms with Crippen LogP contribution in [0.4, 0.5) is 20.2 Å². The summed E-state index contributed by atoms with van der Waals surface area (Å²) in [6, 6.07) is 1.76. The van der Waals surface area contributed by atoms with Crippen LogP contribution in [-0.4, -0.2) is 5.91 Å². The molecule has 0 heterocycles. The number of amides is 1. The lowest BCUT2D eigenvalue weighted by Gasteiger charge is -2.07. The number of carbonyl (C=O) groups is 1.